The largest absolute Gasteiger partial charge is 0.325 e. The molecule has 0 bridgehead atoms. The highest BCUT2D eigenvalue weighted by Crippen LogP contribution is 2.32. The Bertz CT molecular complexity index is 966. The summed E-state index contributed by atoms with van der Waals surface area (Å²) in [6, 6.07) is 8.22. The molecule has 0 N–H and O–H groups in total. The molecule has 24 heavy (non-hydrogen) atoms. The van der Waals surface area contributed by atoms with Crippen LogP contribution in [0.2, 0.25) is 0 Å². The Balaban J connectivity index is 2.03. The van der Waals surface area contributed by atoms with Crippen LogP contribution >= 0.6 is 0 Å². The molecule has 0 saturated carbocycles. The fourth-order valence-corrected chi connectivity index (χ4v) is 3.38. The molecule has 5 heteroatoms. The van der Waals surface area contributed by atoms with E-state index in [1.807, 2.05) is 28.7 Å². The zero-order valence-corrected chi connectivity index (χ0v) is 13.5. The second-order valence-corrected chi connectivity index (χ2v) is 5.88. The van der Waals surface area contributed by atoms with Crippen molar-refractivity contribution in [2.45, 2.75) is 19.3 Å². The van der Waals surface area contributed by atoms with E-state index in [0.29, 0.717) is 5.78 Å². The Labute approximate surface area is 140 Å². The molecule has 0 atom stereocenters. The number of benzene rings is 1. The van der Waals surface area contributed by atoms with Gasteiger partial charge in [-0.3, -0.25) is 4.40 Å². The first-order valence-corrected chi connectivity index (χ1v) is 8.17. The lowest BCUT2D eigenvalue weighted by Gasteiger charge is -2.26. The Morgan fingerprint density at radius 3 is 2.79 bits per heavy atom. The van der Waals surface area contributed by atoms with Crippen LogP contribution < -0.4 is 4.90 Å². The average Bonchev–Trinajstić information content (AvgIpc) is 3.00. The highest BCUT2D eigenvalue weighted by Gasteiger charge is 2.21. The van der Waals surface area contributed by atoms with E-state index in [4.69, 9.17) is 4.98 Å². The third-order valence-corrected chi connectivity index (χ3v) is 4.53. The Kier molecular flexibility index (Phi) is 3.61. The molecule has 3 heterocycles. The number of rotatable bonds is 3. The molecule has 0 amide bonds. The van der Waals surface area contributed by atoms with Gasteiger partial charge in [0.15, 0.2) is 0 Å². The van der Waals surface area contributed by atoms with Crippen molar-refractivity contribution in [3.8, 4) is 0 Å². The maximum Gasteiger partial charge on any atom is 0.257 e. The molecule has 4 rings (SSSR count). The minimum Gasteiger partial charge on any atom is -0.325 e. The Hall–Kier alpha value is -2.95. The first-order chi connectivity index (χ1) is 11.8. The average molecular weight is 317 g/mol. The molecule has 0 unspecified atom stereocenters. The summed E-state index contributed by atoms with van der Waals surface area (Å²) < 4.78 is 1.92. The Morgan fingerprint density at radius 2 is 1.96 bits per heavy atom. The summed E-state index contributed by atoms with van der Waals surface area (Å²) in [6.45, 7) is 8.90. The predicted octanol–water partition coefficient (Wildman–Crippen LogP) is 3.89. The number of aromatic nitrogens is 4. The van der Waals surface area contributed by atoms with E-state index < -0.39 is 0 Å². The van der Waals surface area contributed by atoms with Crippen molar-refractivity contribution < 1.29 is 0 Å². The number of hydrogen-bond acceptors (Lipinski definition) is 4. The van der Waals surface area contributed by atoms with E-state index in [0.717, 1.165) is 48.2 Å². The molecule has 3 aromatic rings. The van der Waals surface area contributed by atoms with E-state index in [2.05, 4.69) is 40.4 Å². The van der Waals surface area contributed by atoms with Crippen LogP contribution in [0, 0.1) is 0 Å². The van der Waals surface area contributed by atoms with Crippen LogP contribution in [-0.4, -0.2) is 26.1 Å². The third-order valence-electron chi connectivity index (χ3n) is 4.53. The lowest BCUT2D eigenvalue weighted by atomic mass is 10.1. The van der Waals surface area contributed by atoms with Crippen molar-refractivity contribution in [2.75, 3.05) is 11.4 Å². The zero-order valence-electron chi connectivity index (χ0n) is 13.5. The summed E-state index contributed by atoms with van der Waals surface area (Å²) in [6.07, 6.45) is 8.81. The van der Waals surface area contributed by atoms with Crippen molar-refractivity contribution in [1.82, 2.24) is 19.6 Å². The molecule has 0 fully saturated rings. The summed E-state index contributed by atoms with van der Waals surface area (Å²) >= 11 is 0. The molecule has 0 saturated heterocycles. The van der Waals surface area contributed by atoms with Crippen molar-refractivity contribution in [1.29, 1.82) is 0 Å². The van der Waals surface area contributed by atoms with Gasteiger partial charge in [-0.2, -0.15) is 4.98 Å². The lowest BCUT2D eigenvalue weighted by molar-refractivity contribution is 0.753. The van der Waals surface area contributed by atoms with Gasteiger partial charge in [-0.15, -0.1) is 10.2 Å². The van der Waals surface area contributed by atoms with Gasteiger partial charge in [0, 0.05) is 17.6 Å². The quantitative estimate of drug-likeness (QED) is 0.735. The predicted molar refractivity (Wildman–Crippen MR) is 96.9 cm³/mol. The van der Waals surface area contributed by atoms with Crippen LogP contribution in [-0.2, 0) is 0 Å². The van der Waals surface area contributed by atoms with Crippen LogP contribution in [0.3, 0.4) is 0 Å². The summed E-state index contributed by atoms with van der Waals surface area (Å²) in [4.78, 5) is 7.04. The number of anilines is 1. The van der Waals surface area contributed by atoms with Gasteiger partial charge in [0.2, 0.25) is 0 Å². The first-order valence-electron chi connectivity index (χ1n) is 8.17. The van der Waals surface area contributed by atoms with E-state index in [1.54, 1.807) is 6.33 Å². The fourth-order valence-electron chi connectivity index (χ4n) is 3.38. The van der Waals surface area contributed by atoms with Gasteiger partial charge in [-0.1, -0.05) is 31.4 Å². The molecule has 1 aliphatic rings. The minimum absolute atomic E-state index is 0.608. The van der Waals surface area contributed by atoms with E-state index in [-0.39, 0.29) is 0 Å². The van der Waals surface area contributed by atoms with Gasteiger partial charge in [0.25, 0.3) is 5.78 Å². The van der Waals surface area contributed by atoms with Gasteiger partial charge < -0.3 is 4.90 Å². The smallest absolute Gasteiger partial charge is 0.257 e. The van der Waals surface area contributed by atoms with Crippen LogP contribution in [0.15, 0.2) is 67.2 Å². The van der Waals surface area contributed by atoms with Crippen LogP contribution in [0.4, 0.5) is 5.82 Å². The second kappa shape index (κ2) is 5.92. The van der Waals surface area contributed by atoms with Gasteiger partial charge in [0.1, 0.15) is 12.1 Å². The van der Waals surface area contributed by atoms with Crippen molar-refractivity contribution in [3.63, 3.8) is 0 Å². The normalized spacial score (nSPS) is 15.8. The molecular formula is C19H19N5. The summed E-state index contributed by atoms with van der Waals surface area (Å²) in [5.74, 6) is 1.51. The summed E-state index contributed by atoms with van der Waals surface area (Å²) in [5, 5.41) is 9.24. The van der Waals surface area contributed by atoms with Crippen molar-refractivity contribution in [3.05, 3.63) is 67.2 Å². The van der Waals surface area contributed by atoms with E-state index >= 15 is 0 Å². The number of nitrogens with zero attached hydrogens (tertiary/aromatic N) is 5. The van der Waals surface area contributed by atoms with Crippen molar-refractivity contribution >= 4 is 22.5 Å². The molecule has 2 aromatic heterocycles. The van der Waals surface area contributed by atoms with Crippen molar-refractivity contribution in [2.24, 2.45) is 0 Å². The van der Waals surface area contributed by atoms with E-state index in [9.17, 15) is 0 Å². The number of hydrogen-bond donors (Lipinski definition) is 0. The standard InChI is InChI=1S/C19H19N5/c1-3-14-9-7-8-12-23(16(14)4-2)18-15-10-5-6-11-17(15)24-13-20-22-19(24)21-18/h3-6,10-11,13H,1-2,7-9,12H2. The lowest BCUT2D eigenvalue weighted by Crippen LogP contribution is -2.24. The summed E-state index contributed by atoms with van der Waals surface area (Å²) in [7, 11) is 0. The molecule has 0 spiro atoms. The van der Waals surface area contributed by atoms with Gasteiger partial charge >= 0.3 is 0 Å². The molecule has 120 valence electrons. The number of allylic oxidation sites excluding steroid dienone is 3. The highest BCUT2D eigenvalue weighted by molar-refractivity contribution is 5.92. The first kappa shape index (κ1) is 14.6. The van der Waals surface area contributed by atoms with Gasteiger partial charge in [0.05, 0.1) is 5.52 Å². The third kappa shape index (κ3) is 2.21. The molecule has 0 aliphatic carbocycles. The van der Waals surface area contributed by atoms with Crippen LogP contribution in [0.1, 0.15) is 19.3 Å². The second-order valence-electron chi connectivity index (χ2n) is 5.88. The SMILES string of the molecule is C=CC1=C(C=C)N(c2nc3nncn3c3ccccc23)CCCC1. The zero-order chi connectivity index (χ0) is 16.5. The molecule has 5 nitrogen and oxygen atoms in total. The minimum atomic E-state index is 0.608. The summed E-state index contributed by atoms with van der Waals surface area (Å²) in [5.41, 5.74) is 3.36. The van der Waals surface area contributed by atoms with E-state index in [1.165, 1.54) is 5.57 Å². The molecule has 0 radical (unpaired) electrons. The number of para-hydroxylation sites is 1. The molecule has 1 aromatic carbocycles. The van der Waals surface area contributed by atoms with Crippen LogP contribution in [0.25, 0.3) is 16.7 Å². The molecular weight excluding hydrogens is 298 g/mol. The maximum atomic E-state index is 4.79. The molecule has 1 aliphatic heterocycles. The highest BCUT2D eigenvalue weighted by atomic mass is 15.3. The van der Waals surface area contributed by atoms with Gasteiger partial charge in [-0.25, -0.2) is 0 Å². The number of fused-ring (bicyclic) bond motifs is 3. The Morgan fingerprint density at radius 1 is 1.08 bits per heavy atom. The van der Waals surface area contributed by atoms with Crippen LogP contribution in [0.5, 0.6) is 0 Å². The fraction of sp³-hybridized carbons (Fsp3) is 0.211. The monoisotopic (exact) mass is 317 g/mol. The maximum absolute atomic E-state index is 4.79. The topological polar surface area (TPSA) is 46.3 Å². The van der Waals surface area contributed by atoms with Gasteiger partial charge in [-0.05, 0) is 43.0 Å².